The first kappa shape index (κ1) is 14.9. The molecule has 0 heterocycles. The van der Waals surface area contributed by atoms with Crippen molar-refractivity contribution in [2.24, 2.45) is 16.8 Å². The van der Waals surface area contributed by atoms with E-state index in [1.807, 2.05) is 0 Å². The lowest BCUT2D eigenvalue weighted by atomic mass is 10.0. The van der Waals surface area contributed by atoms with Crippen LogP contribution in [-0.4, -0.2) is 21.0 Å². The summed E-state index contributed by atoms with van der Waals surface area (Å²) in [7, 11) is -3.63. The Labute approximate surface area is 109 Å². The molecule has 1 atom stereocenters. The van der Waals surface area contributed by atoms with E-state index < -0.39 is 10.0 Å². The lowest BCUT2D eigenvalue weighted by molar-refractivity contribution is 0.522. The van der Waals surface area contributed by atoms with Crippen LogP contribution in [0.1, 0.15) is 20.3 Å². The van der Waals surface area contributed by atoms with Gasteiger partial charge >= 0.3 is 0 Å². The van der Waals surface area contributed by atoms with Gasteiger partial charge in [0.05, 0.1) is 4.90 Å². The van der Waals surface area contributed by atoms with Gasteiger partial charge in [0, 0.05) is 18.3 Å². The summed E-state index contributed by atoms with van der Waals surface area (Å²) < 4.78 is 22.2. The molecule has 0 aliphatic heterocycles. The van der Waals surface area contributed by atoms with Gasteiger partial charge in [0.1, 0.15) is 0 Å². The van der Waals surface area contributed by atoms with Crippen LogP contribution in [0.3, 0.4) is 0 Å². The molecule has 0 saturated carbocycles. The molecule has 6 heteroatoms. The molecule has 1 unspecified atom stereocenters. The Morgan fingerprint density at radius 3 is 2.17 bits per heavy atom. The molecule has 1 rings (SSSR count). The van der Waals surface area contributed by atoms with E-state index in [9.17, 15) is 8.42 Å². The summed E-state index contributed by atoms with van der Waals surface area (Å²) >= 11 is 0. The summed E-state index contributed by atoms with van der Waals surface area (Å²) in [6.07, 6.45) is 0.966. The molecule has 102 valence electrons. The molecule has 0 bridgehead atoms. The third-order valence-corrected chi connectivity index (χ3v) is 3.52. The molecule has 0 aliphatic carbocycles. The summed E-state index contributed by atoms with van der Waals surface area (Å²) in [6, 6.07) is 6.55. The smallest absolute Gasteiger partial charge is 0.238 e. The largest absolute Gasteiger partial charge is 0.381 e. The quantitative estimate of drug-likeness (QED) is 0.722. The van der Waals surface area contributed by atoms with Crippen molar-refractivity contribution in [2.75, 3.05) is 11.9 Å². The fourth-order valence-corrected chi connectivity index (χ4v) is 2.28. The van der Waals surface area contributed by atoms with Crippen molar-refractivity contribution in [3.63, 3.8) is 0 Å². The Balaban J connectivity index is 2.74. The summed E-state index contributed by atoms with van der Waals surface area (Å²) in [5.74, 6) is 0.551. The van der Waals surface area contributed by atoms with Gasteiger partial charge in [0.15, 0.2) is 0 Å². The fourth-order valence-electron chi connectivity index (χ4n) is 1.76. The van der Waals surface area contributed by atoms with E-state index in [0.29, 0.717) is 12.5 Å². The number of nitrogens with one attached hydrogen (secondary N) is 1. The van der Waals surface area contributed by atoms with Crippen molar-refractivity contribution in [3.05, 3.63) is 24.3 Å². The number of primary sulfonamides is 1. The SMILES string of the molecule is CC(C)CC(CN)Nc1ccc(S(N)(=O)=O)cc1. The highest BCUT2D eigenvalue weighted by Crippen LogP contribution is 2.15. The number of nitrogens with two attached hydrogens (primary N) is 2. The second-order valence-electron chi connectivity index (χ2n) is 4.78. The van der Waals surface area contributed by atoms with E-state index in [1.54, 1.807) is 12.1 Å². The fraction of sp³-hybridized carbons (Fsp3) is 0.500. The summed E-state index contributed by atoms with van der Waals surface area (Å²) in [4.78, 5) is 0.112. The third-order valence-electron chi connectivity index (χ3n) is 2.59. The molecule has 0 fully saturated rings. The Hall–Kier alpha value is -1.11. The number of sulfonamides is 1. The Morgan fingerprint density at radius 2 is 1.78 bits per heavy atom. The monoisotopic (exact) mass is 271 g/mol. The van der Waals surface area contributed by atoms with Crippen LogP contribution in [0.4, 0.5) is 5.69 Å². The first-order valence-corrected chi connectivity index (χ1v) is 7.47. The number of rotatable bonds is 6. The zero-order valence-electron chi connectivity index (χ0n) is 10.8. The van der Waals surface area contributed by atoms with Crippen molar-refractivity contribution >= 4 is 15.7 Å². The summed E-state index contributed by atoms with van der Waals surface area (Å²) in [6.45, 7) is 4.80. The number of anilines is 1. The van der Waals surface area contributed by atoms with Crippen LogP contribution in [0, 0.1) is 5.92 Å². The Morgan fingerprint density at radius 1 is 1.22 bits per heavy atom. The van der Waals surface area contributed by atoms with Crippen LogP contribution >= 0.6 is 0 Å². The molecule has 1 aromatic carbocycles. The minimum atomic E-state index is -3.63. The van der Waals surface area contributed by atoms with Gasteiger partial charge in [-0.2, -0.15) is 0 Å². The first-order chi connectivity index (χ1) is 8.32. The normalized spacial score (nSPS) is 13.6. The Kier molecular flexibility index (Phi) is 5.13. The molecular weight excluding hydrogens is 250 g/mol. The van der Waals surface area contributed by atoms with Crippen molar-refractivity contribution in [1.29, 1.82) is 0 Å². The van der Waals surface area contributed by atoms with Crippen LogP contribution in [0.2, 0.25) is 0 Å². The zero-order chi connectivity index (χ0) is 13.8. The predicted molar refractivity (Wildman–Crippen MR) is 73.7 cm³/mol. The molecule has 0 amide bonds. The second kappa shape index (κ2) is 6.17. The van der Waals surface area contributed by atoms with Crippen molar-refractivity contribution < 1.29 is 8.42 Å². The maximum absolute atomic E-state index is 11.1. The van der Waals surface area contributed by atoms with Gasteiger partial charge in [-0.15, -0.1) is 0 Å². The van der Waals surface area contributed by atoms with Crippen molar-refractivity contribution in [1.82, 2.24) is 0 Å². The molecular formula is C12H21N3O2S. The lowest BCUT2D eigenvalue weighted by Crippen LogP contribution is -2.30. The number of benzene rings is 1. The second-order valence-corrected chi connectivity index (χ2v) is 6.34. The van der Waals surface area contributed by atoms with Crippen LogP contribution in [-0.2, 0) is 10.0 Å². The Bertz CT molecular complexity index is 469. The standard InChI is InChI=1S/C12H21N3O2S/c1-9(2)7-11(8-13)15-10-3-5-12(6-4-10)18(14,16)17/h3-6,9,11,15H,7-8,13H2,1-2H3,(H2,14,16,17). The lowest BCUT2D eigenvalue weighted by Gasteiger charge is -2.20. The van der Waals surface area contributed by atoms with E-state index in [0.717, 1.165) is 12.1 Å². The minimum absolute atomic E-state index is 0.112. The van der Waals surface area contributed by atoms with Gasteiger partial charge in [-0.1, -0.05) is 13.8 Å². The van der Waals surface area contributed by atoms with Crippen LogP contribution < -0.4 is 16.2 Å². The van der Waals surface area contributed by atoms with E-state index in [2.05, 4.69) is 19.2 Å². The topological polar surface area (TPSA) is 98.2 Å². The third kappa shape index (κ3) is 4.64. The van der Waals surface area contributed by atoms with Gasteiger partial charge in [0.25, 0.3) is 0 Å². The number of hydrogen-bond donors (Lipinski definition) is 3. The van der Waals surface area contributed by atoms with Crippen molar-refractivity contribution in [2.45, 2.75) is 31.2 Å². The average Bonchev–Trinajstić information content (AvgIpc) is 2.27. The molecule has 0 aromatic heterocycles. The van der Waals surface area contributed by atoms with E-state index in [4.69, 9.17) is 10.9 Å². The molecule has 0 spiro atoms. The highest BCUT2D eigenvalue weighted by atomic mass is 32.2. The highest BCUT2D eigenvalue weighted by Gasteiger charge is 2.10. The van der Waals surface area contributed by atoms with E-state index in [-0.39, 0.29) is 10.9 Å². The molecule has 5 nitrogen and oxygen atoms in total. The van der Waals surface area contributed by atoms with Gasteiger partial charge in [-0.05, 0) is 36.6 Å². The highest BCUT2D eigenvalue weighted by molar-refractivity contribution is 7.89. The van der Waals surface area contributed by atoms with Gasteiger partial charge < -0.3 is 11.1 Å². The summed E-state index contributed by atoms with van der Waals surface area (Å²) in [5, 5.41) is 8.31. The maximum Gasteiger partial charge on any atom is 0.238 e. The van der Waals surface area contributed by atoms with Gasteiger partial charge in [0.2, 0.25) is 10.0 Å². The molecule has 1 aromatic rings. The van der Waals surface area contributed by atoms with Gasteiger partial charge in [-0.3, -0.25) is 0 Å². The zero-order valence-corrected chi connectivity index (χ0v) is 11.6. The average molecular weight is 271 g/mol. The summed E-state index contributed by atoms with van der Waals surface area (Å²) in [5.41, 5.74) is 6.54. The molecule has 0 saturated heterocycles. The molecule has 0 radical (unpaired) electrons. The van der Waals surface area contributed by atoms with Crippen LogP contribution in [0.15, 0.2) is 29.2 Å². The molecule has 18 heavy (non-hydrogen) atoms. The predicted octanol–water partition coefficient (Wildman–Crippen LogP) is 1.12. The van der Waals surface area contributed by atoms with Crippen molar-refractivity contribution in [3.8, 4) is 0 Å². The maximum atomic E-state index is 11.1. The van der Waals surface area contributed by atoms with Gasteiger partial charge in [-0.25, -0.2) is 13.6 Å². The minimum Gasteiger partial charge on any atom is -0.381 e. The van der Waals surface area contributed by atoms with E-state index in [1.165, 1.54) is 12.1 Å². The van der Waals surface area contributed by atoms with E-state index >= 15 is 0 Å². The number of hydrogen-bond acceptors (Lipinski definition) is 4. The molecule has 0 aliphatic rings. The van der Waals surface area contributed by atoms with Crippen LogP contribution in [0.25, 0.3) is 0 Å². The first-order valence-electron chi connectivity index (χ1n) is 5.92. The molecule has 5 N–H and O–H groups in total. The van der Waals surface area contributed by atoms with Crippen LogP contribution in [0.5, 0.6) is 0 Å².